The molecule has 0 aliphatic carbocycles. The van der Waals surface area contributed by atoms with Gasteiger partial charge in [0.1, 0.15) is 0 Å². The molecule has 0 spiro atoms. The number of rotatable bonds is 5. The molecule has 1 saturated heterocycles. The van der Waals surface area contributed by atoms with Crippen LogP contribution in [0.3, 0.4) is 0 Å². The first kappa shape index (κ1) is 20.3. The summed E-state index contributed by atoms with van der Waals surface area (Å²) in [4.78, 5) is 25.3. The summed E-state index contributed by atoms with van der Waals surface area (Å²) in [6.45, 7) is 6.66. The number of piperazine rings is 1. The molecule has 0 unspecified atom stereocenters. The summed E-state index contributed by atoms with van der Waals surface area (Å²) < 4.78 is 26.8. The van der Waals surface area contributed by atoms with Crippen LogP contribution in [-0.4, -0.2) is 67.7 Å². The van der Waals surface area contributed by atoms with Crippen LogP contribution in [0.15, 0.2) is 29.2 Å². The summed E-state index contributed by atoms with van der Waals surface area (Å²) in [5.74, 6) is -0.364. The molecule has 0 atom stereocenters. The Morgan fingerprint density at radius 3 is 2.12 bits per heavy atom. The van der Waals surface area contributed by atoms with Crippen LogP contribution in [-0.2, 0) is 14.8 Å². The molecule has 8 nitrogen and oxygen atoms in total. The lowest BCUT2D eigenvalue weighted by molar-refractivity contribution is -0.129. The van der Waals surface area contributed by atoms with Gasteiger partial charge < -0.3 is 16.0 Å². The van der Waals surface area contributed by atoms with Gasteiger partial charge in [-0.1, -0.05) is 0 Å². The van der Waals surface area contributed by atoms with Gasteiger partial charge in [0.2, 0.25) is 15.9 Å². The minimum Gasteiger partial charge on any atom is -0.346 e. The number of benzene rings is 1. The molecule has 0 saturated carbocycles. The maximum Gasteiger partial charge on any atom is 0.251 e. The molecular weight excluding hydrogens is 356 g/mol. The van der Waals surface area contributed by atoms with Crippen molar-refractivity contribution in [2.75, 3.05) is 32.7 Å². The first-order chi connectivity index (χ1) is 12.1. The Bertz CT molecular complexity index is 766. The van der Waals surface area contributed by atoms with Gasteiger partial charge in [-0.15, -0.1) is 0 Å². The predicted octanol–water partition coefficient (Wildman–Crippen LogP) is 0.00650. The molecule has 0 aromatic heterocycles. The average molecular weight is 382 g/mol. The number of carbonyl (C=O) groups is 2. The monoisotopic (exact) mass is 382 g/mol. The van der Waals surface area contributed by atoms with Crippen LogP contribution in [0.4, 0.5) is 0 Å². The first-order valence-electron chi connectivity index (χ1n) is 8.45. The largest absolute Gasteiger partial charge is 0.346 e. The zero-order valence-electron chi connectivity index (χ0n) is 15.4. The summed E-state index contributed by atoms with van der Waals surface area (Å²) in [6, 6.07) is 5.83. The number of nitrogens with zero attached hydrogens (tertiary/aromatic N) is 2. The van der Waals surface area contributed by atoms with Crippen molar-refractivity contribution in [1.29, 1.82) is 0 Å². The number of carbonyl (C=O) groups excluding carboxylic acids is 2. The third kappa shape index (κ3) is 4.60. The molecule has 0 radical (unpaired) electrons. The second-order valence-electron chi connectivity index (χ2n) is 6.98. The van der Waals surface area contributed by atoms with E-state index in [-0.39, 0.29) is 36.3 Å². The van der Waals surface area contributed by atoms with E-state index >= 15 is 0 Å². The smallest absolute Gasteiger partial charge is 0.251 e. The van der Waals surface area contributed by atoms with E-state index in [1.165, 1.54) is 35.5 Å². The molecule has 0 bridgehead atoms. The molecular formula is C17H26N4O4S. The number of hydrogen-bond donors (Lipinski definition) is 2. The topological polar surface area (TPSA) is 113 Å². The van der Waals surface area contributed by atoms with Gasteiger partial charge in [-0.05, 0) is 38.1 Å². The number of hydrogen-bond acceptors (Lipinski definition) is 5. The molecule has 144 valence electrons. The fraction of sp³-hybridized carbons (Fsp3) is 0.529. The standard InChI is InChI=1S/C17H26N4O4S/c1-13(22)20-8-10-21(11-9-20)26(24,25)15-6-4-14(5-7-15)16(23)19-17(2,3)12-18/h4-7H,8-12,18H2,1-3H3,(H,19,23). The van der Waals surface area contributed by atoms with Gasteiger partial charge in [-0.3, -0.25) is 9.59 Å². The Morgan fingerprint density at radius 2 is 1.65 bits per heavy atom. The van der Waals surface area contributed by atoms with E-state index < -0.39 is 15.6 Å². The SMILES string of the molecule is CC(=O)N1CCN(S(=O)(=O)c2ccc(C(=O)NC(C)(C)CN)cc2)CC1. The van der Waals surface area contributed by atoms with E-state index in [9.17, 15) is 18.0 Å². The van der Waals surface area contributed by atoms with Gasteiger partial charge >= 0.3 is 0 Å². The van der Waals surface area contributed by atoms with Gasteiger partial charge in [-0.2, -0.15) is 4.31 Å². The highest BCUT2D eigenvalue weighted by Gasteiger charge is 2.29. The molecule has 3 N–H and O–H groups in total. The first-order valence-corrected chi connectivity index (χ1v) is 9.89. The van der Waals surface area contributed by atoms with Crippen molar-refractivity contribution >= 4 is 21.8 Å². The molecule has 1 aromatic rings. The fourth-order valence-corrected chi connectivity index (χ4v) is 4.02. The minimum atomic E-state index is -3.65. The maximum atomic E-state index is 12.7. The lowest BCUT2D eigenvalue weighted by Gasteiger charge is -2.33. The lowest BCUT2D eigenvalue weighted by Crippen LogP contribution is -2.50. The quantitative estimate of drug-likeness (QED) is 0.745. The second kappa shape index (κ2) is 7.73. The van der Waals surface area contributed by atoms with Gasteiger partial charge in [0.25, 0.3) is 5.91 Å². The summed E-state index contributed by atoms with van der Waals surface area (Å²) in [7, 11) is -3.65. The molecule has 2 amide bonds. The molecule has 1 aliphatic heterocycles. The van der Waals surface area contributed by atoms with Gasteiger partial charge in [0.05, 0.1) is 4.90 Å². The van der Waals surface area contributed by atoms with Gasteiger partial charge in [0.15, 0.2) is 0 Å². The van der Waals surface area contributed by atoms with Crippen LogP contribution in [0, 0.1) is 0 Å². The minimum absolute atomic E-state index is 0.0576. The molecule has 2 rings (SSSR count). The van der Waals surface area contributed by atoms with Crippen molar-refractivity contribution < 1.29 is 18.0 Å². The van der Waals surface area contributed by atoms with E-state index in [1.54, 1.807) is 4.90 Å². The van der Waals surface area contributed by atoms with Crippen LogP contribution in [0.2, 0.25) is 0 Å². The van der Waals surface area contributed by atoms with E-state index in [1.807, 2.05) is 13.8 Å². The number of nitrogens with two attached hydrogens (primary N) is 1. The van der Waals surface area contributed by atoms with Crippen molar-refractivity contribution in [3.8, 4) is 0 Å². The van der Waals surface area contributed by atoms with Crippen molar-refractivity contribution in [3.63, 3.8) is 0 Å². The van der Waals surface area contributed by atoms with Gasteiger partial charge in [-0.25, -0.2) is 8.42 Å². The van der Waals surface area contributed by atoms with E-state index in [2.05, 4.69) is 5.32 Å². The predicted molar refractivity (Wildman–Crippen MR) is 98.1 cm³/mol. The second-order valence-corrected chi connectivity index (χ2v) is 8.91. The average Bonchev–Trinajstić information content (AvgIpc) is 2.61. The third-order valence-electron chi connectivity index (χ3n) is 4.40. The number of nitrogens with one attached hydrogen (secondary N) is 1. The number of sulfonamides is 1. The van der Waals surface area contributed by atoms with Crippen molar-refractivity contribution in [2.24, 2.45) is 5.73 Å². The van der Waals surface area contributed by atoms with Gasteiger partial charge in [0, 0.05) is 50.7 Å². The fourth-order valence-electron chi connectivity index (χ4n) is 2.60. The normalized spacial score (nSPS) is 16.4. The van der Waals surface area contributed by atoms with Crippen LogP contribution < -0.4 is 11.1 Å². The summed E-state index contributed by atoms with van der Waals surface area (Å²) >= 11 is 0. The van der Waals surface area contributed by atoms with Crippen LogP contribution in [0.1, 0.15) is 31.1 Å². The van der Waals surface area contributed by atoms with Crippen molar-refractivity contribution in [3.05, 3.63) is 29.8 Å². The Balaban J connectivity index is 2.10. The van der Waals surface area contributed by atoms with E-state index in [0.717, 1.165) is 0 Å². The zero-order valence-corrected chi connectivity index (χ0v) is 16.2. The Morgan fingerprint density at radius 1 is 1.12 bits per heavy atom. The molecule has 1 fully saturated rings. The highest BCUT2D eigenvalue weighted by Crippen LogP contribution is 2.18. The molecule has 1 aromatic carbocycles. The summed E-state index contributed by atoms with van der Waals surface area (Å²) in [6.07, 6.45) is 0. The molecule has 1 heterocycles. The van der Waals surface area contributed by atoms with Crippen LogP contribution in [0.25, 0.3) is 0 Å². The summed E-state index contributed by atoms with van der Waals surface area (Å²) in [5.41, 5.74) is 5.42. The Labute approximate surface area is 154 Å². The highest BCUT2D eigenvalue weighted by molar-refractivity contribution is 7.89. The molecule has 9 heteroatoms. The van der Waals surface area contributed by atoms with Crippen LogP contribution >= 0.6 is 0 Å². The maximum absolute atomic E-state index is 12.7. The van der Waals surface area contributed by atoms with Crippen LogP contribution in [0.5, 0.6) is 0 Å². The Kier molecular flexibility index (Phi) is 6.05. The molecule has 26 heavy (non-hydrogen) atoms. The van der Waals surface area contributed by atoms with Crippen molar-refractivity contribution in [1.82, 2.24) is 14.5 Å². The van der Waals surface area contributed by atoms with E-state index in [4.69, 9.17) is 5.73 Å². The molecule has 1 aliphatic rings. The Hall–Kier alpha value is -1.97. The lowest BCUT2D eigenvalue weighted by atomic mass is 10.1. The highest BCUT2D eigenvalue weighted by atomic mass is 32.2. The number of amides is 2. The summed E-state index contributed by atoms with van der Waals surface area (Å²) in [5, 5.41) is 2.80. The third-order valence-corrected chi connectivity index (χ3v) is 6.31. The van der Waals surface area contributed by atoms with Crippen molar-refractivity contribution in [2.45, 2.75) is 31.2 Å². The zero-order chi connectivity index (χ0) is 19.5. The van der Waals surface area contributed by atoms with E-state index in [0.29, 0.717) is 18.7 Å².